The van der Waals surface area contributed by atoms with E-state index in [9.17, 15) is 36.0 Å². The maximum atomic E-state index is 15.0. The van der Waals surface area contributed by atoms with Gasteiger partial charge in [-0.05, 0) is 108 Å². The molecule has 3 aliphatic heterocycles. The van der Waals surface area contributed by atoms with Gasteiger partial charge in [0.15, 0.2) is 0 Å². The van der Waals surface area contributed by atoms with E-state index in [1.807, 2.05) is 19.1 Å². The molecule has 2 saturated carbocycles. The number of sulfonamides is 1. The summed E-state index contributed by atoms with van der Waals surface area (Å²) in [5, 5.41) is 6.68. The van der Waals surface area contributed by atoms with Crippen LogP contribution in [0.1, 0.15) is 102 Å². The molecular weight excluding hydrogens is 836 g/mol. The number of fused-ring (bicyclic) bond motifs is 5. The Balaban J connectivity index is 0.00000308. The molecule has 3 fully saturated rings. The quantitative estimate of drug-likeness (QED) is 0.237. The Morgan fingerprint density at radius 3 is 2.56 bits per heavy atom. The molecule has 3 N–H and O–H groups in total. The first-order valence-corrected chi connectivity index (χ1v) is 22.8. The van der Waals surface area contributed by atoms with Crippen molar-refractivity contribution in [1.29, 1.82) is 0 Å². The number of pyridine rings is 1. The summed E-state index contributed by atoms with van der Waals surface area (Å²) in [4.78, 5) is 63.0. The van der Waals surface area contributed by atoms with Gasteiger partial charge in [-0.15, -0.1) is 0 Å². The van der Waals surface area contributed by atoms with Crippen molar-refractivity contribution in [2.75, 3.05) is 20.3 Å². The molecule has 7 atom stereocenters. The molecule has 0 unspecified atom stereocenters. The van der Waals surface area contributed by atoms with Crippen molar-refractivity contribution < 1.29 is 64.0 Å². The highest BCUT2D eigenvalue weighted by atomic mass is 32.2. The van der Waals surface area contributed by atoms with Crippen molar-refractivity contribution >= 4 is 44.6 Å². The lowest BCUT2D eigenvalue weighted by molar-refractivity contribution is -0.244. The SMILES string of the molecule is CC[C@@H]1C[C@H](C)CC/C=C\[C@@H]2C[C@@]2(C(=O)NS(=O)(=O)C2(C)CC2)NC(=O)[C@@H]2C[C@@H](Oc3nc4c(c5cc(OC)ccc35)CCCO4)CN2C(=O)[C@H]1NC(=O)OC(C)(C)C(F)(F)F.[HH].[HH].[HH]. The van der Waals surface area contributed by atoms with E-state index < -0.39 is 85.9 Å². The van der Waals surface area contributed by atoms with Gasteiger partial charge in [0.25, 0.3) is 5.91 Å². The van der Waals surface area contributed by atoms with Gasteiger partial charge < -0.3 is 34.5 Å². The number of halogens is 3. The van der Waals surface area contributed by atoms with Crippen LogP contribution in [0.5, 0.6) is 17.5 Å². The molecule has 0 spiro atoms. The lowest BCUT2D eigenvalue weighted by Crippen LogP contribution is -2.60. The number of aryl methyl sites for hydroxylation is 1. The maximum absolute atomic E-state index is 15.0. The predicted molar refractivity (Wildman–Crippen MR) is 226 cm³/mol. The van der Waals surface area contributed by atoms with Gasteiger partial charge in [0.2, 0.25) is 39.2 Å². The highest BCUT2D eigenvalue weighted by Gasteiger charge is 2.63. The van der Waals surface area contributed by atoms with Gasteiger partial charge in [-0.1, -0.05) is 32.4 Å². The monoisotopic (exact) mass is 897 g/mol. The van der Waals surface area contributed by atoms with Crippen LogP contribution in [-0.2, 0) is 35.6 Å². The lowest BCUT2D eigenvalue weighted by Gasteiger charge is -2.35. The number of rotatable bonds is 9. The Morgan fingerprint density at radius 1 is 1.15 bits per heavy atom. The van der Waals surface area contributed by atoms with Crippen LogP contribution >= 0.6 is 0 Å². The van der Waals surface area contributed by atoms with Crippen LogP contribution < -0.4 is 29.6 Å². The fraction of sp³-hybridized carbons (Fsp3) is 0.651. The molecule has 7 rings (SSSR count). The van der Waals surface area contributed by atoms with Crippen LogP contribution in [0.15, 0.2) is 30.4 Å². The van der Waals surface area contributed by atoms with Crippen LogP contribution in [0.2, 0.25) is 0 Å². The number of allylic oxidation sites excluding steroid dienone is 1. The first-order valence-electron chi connectivity index (χ1n) is 21.3. The van der Waals surface area contributed by atoms with E-state index in [1.54, 1.807) is 39.2 Å². The molecule has 1 saturated heterocycles. The van der Waals surface area contributed by atoms with Crippen molar-refractivity contribution in [1.82, 2.24) is 25.2 Å². The summed E-state index contributed by atoms with van der Waals surface area (Å²) < 4.78 is 92.1. The van der Waals surface area contributed by atoms with Gasteiger partial charge >= 0.3 is 12.3 Å². The van der Waals surface area contributed by atoms with E-state index in [1.165, 1.54) is 4.90 Å². The number of nitrogens with zero attached hydrogens (tertiary/aromatic N) is 2. The molecule has 4 amide bonds. The number of alkyl halides is 3. The lowest BCUT2D eigenvalue weighted by atomic mass is 9.85. The van der Waals surface area contributed by atoms with Crippen LogP contribution in [0, 0.1) is 17.8 Å². The van der Waals surface area contributed by atoms with Crippen molar-refractivity contribution in [3.05, 3.63) is 35.9 Å². The molecule has 2 aliphatic carbocycles. The third kappa shape index (κ3) is 8.87. The molecule has 2 aromatic rings. The summed E-state index contributed by atoms with van der Waals surface area (Å²) in [5.74, 6) is -2.51. The number of amides is 4. The zero-order chi connectivity index (χ0) is 45.0. The Morgan fingerprint density at radius 2 is 1.89 bits per heavy atom. The summed E-state index contributed by atoms with van der Waals surface area (Å²) in [6.07, 6.45) is 0.436. The van der Waals surface area contributed by atoms with Crippen LogP contribution in [-0.4, -0.2) is 103 Å². The fourth-order valence-corrected chi connectivity index (χ4v) is 10.0. The minimum Gasteiger partial charge on any atom is -0.497 e. The summed E-state index contributed by atoms with van der Waals surface area (Å²) in [5.41, 5.74) is -3.68. The maximum Gasteiger partial charge on any atom is 0.427 e. The van der Waals surface area contributed by atoms with Gasteiger partial charge in [-0.25, -0.2) is 13.2 Å². The van der Waals surface area contributed by atoms with Gasteiger partial charge in [0.1, 0.15) is 29.5 Å². The first-order chi connectivity index (χ1) is 29.1. The smallest absolute Gasteiger partial charge is 0.427 e. The standard InChI is InChI=1S/C43H56F3N5O10S.3H2/c1-7-25-19-24(2)11-8-9-12-26-22-42(26,38(54)50-62(56,57)41(5)16-17-41)49-34(52)32-21-28(23-51(32)37(53)33(25)47-39(55)61-40(3,4)43(44,45)46)60-36-30-15-14-27(58-6)20-31(30)29-13-10-18-59-35(29)48-36;;;/h9,12,14-15,20,24-26,28,32-33H,7-8,10-11,13,16-19,21-23H2,1-6H3,(H,47,55)(H,49,52)(H,50,54);3*1H/b12-9-;;;/t24-,25-,26-,28-,32+,33+,42-;;;/m1.../s1. The topological polar surface area (TPSA) is 192 Å². The predicted octanol–water partition coefficient (Wildman–Crippen LogP) is 6.37. The largest absolute Gasteiger partial charge is 0.497 e. The number of alkyl carbamates (subject to hydrolysis) is 1. The molecule has 4 heterocycles. The van der Waals surface area contributed by atoms with E-state index >= 15 is 4.79 Å². The van der Waals surface area contributed by atoms with Gasteiger partial charge in [-0.3, -0.25) is 19.1 Å². The second-order valence-electron chi connectivity index (χ2n) is 18.2. The summed E-state index contributed by atoms with van der Waals surface area (Å²) in [6, 6.07) is 2.61. The summed E-state index contributed by atoms with van der Waals surface area (Å²) in [7, 11) is -2.54. The van der Waals surface area contributed by atoms with Crippen molar-refractivity contribution in [2.45, 2.75) is 139 Å². The Labute approximate surface area is 363 Å². The van der Waals surface area contributed by atoms with Crippen molar-refractivity contribution in [2.24, 2.45) is 17.8 Å². The van der Waals surface area contributed by atoms with E-state index in [4.69, 9.17) is 23.9 Å². The van der Waals surface area contributed by atoms with Gasteiger partial charge in [0.05, 0.1) is 25.0 Å². The number of carbonyl (C=O) groups excluding carboxylic acids is 4. The fourth-order valence-electron chi connectivity index (χ4n) is 8.71. The van der Waals surface area contributed by atoms with Crippen molar-refractivity contribution in [3.63, 3.8) is 0 Å². The number of hydrogen-bond acceptors (Lipinski definition) is 11. The second kappa shape index (κ2) is 16.7. The molecule has 62 heavy (non-hydrogen) atoms. The molecule has 19 heteroatoms. The van der Waals surface area contributed by atoms with Gasteiger partial charge in [-0.2, -0.15) is 18.2 Å². The number of ether oxygens (including phenoxy) is 4. The number of nitrogens with one attached hydrogen (secondary N) is 3. The van der Waals surface area contributed by atoms with E-state index in [0.29, 0.717) is 82.4 Å². The number of methoxy groups -OCH3 is 1. The molecule has 15 nitrogen and oxygen atoms in total. The second-order valence-corrected chi connectivity index (χ2v) is 20.4. The molecule has 5 aliphatic rings. The zero-order valence-corrected chi connectivity index (χ0v) is 36.7. The number of aromatic nitrogens is 1. The molecular formula is C43H62F3N5O10S. The van der Waals surface area contributed by atoms with E-state index in [-0.39, 0.29) is 35.5 Å². The summed E-state index contributed by atoms with van der Waals surface area (Å²) in [6.45, 7) is 6.91. The summed E-state index contributed by atoms with van der Waals surface area (Å²) >= 11 is 0. The zero-order valence-electron chi connectivity index (χ0n) is 35.9. The Bertz CT molecular complexity index is 2270. The number of carbonyl (C=O) groups is 4. The molecule has 346 valence electrons. The molecule has 0 bridgehead atoms. The van der Waals surface area contributed by atoms with Crippen LogP contribution in [0.25, 0.3) is 10.8 Å². The Kier molecular flexibility index (Phi) is 12.2. The minimum atomic E-state index is -4.92. The van der Waals surface area contributed by atoms with E-state index in [2.05, 4.69) is 15.4 Å². The van der Waals surface area contributed by atoms with Crippen molar-refractivity contribution in [3.8, 4) is 17.5 Å². The van der Waals surface area contributed by atoms with E-state index in [0.717, 1.165) is 17.4 Å². The molecule has 1 aromatic carbocycles. The normalized spacial score (nSPS) is 29.3. The number of benzene rings is 1. The minimum absolute atomic E-state index is 0. The Hall–Kier alpha value is -4.81. The molecule has 1 aromatic heterocycles. The van der Waals surface area contributed by atoms with Crippen LogP contribution in [0.3, 0.4) is 0 Å². The highest BCUT2D eigenvalue weighted by Crippen LogP contribution is 2.48. The number of hydrogen-bond donors (Lipinski definition) is 3. The third-order valence-corrected chi connectivity index (χ3v) is 15.4. The molecule has 0 radical (unpaired) electrons. The third-order valence-electron chi connectivity index (χ3n) is 13.2. The average Bonchev–Trinajstić information content (AvgIpc) is 4.09. The van der Waals surface area contributed by atoms with Gasteiger partial charge in [0, 0.05) is 27.6 Å². The highest BCUT2D eigenvalue weighted by molar-refractivity contribution is 7.91. The van der Waals surface area contributed by atoms with Crippen LogP contribution in [0.4, 0.5) is 18.0 Å². The average molecular weight is 898 g/mol. The first kappa shape index (κ1) is 45.2.